The second-order valence-electron chi connectivity index (χ2n) is 6.59. The lowest BCUT2D eigenvalue weighted by atomic mass is 10.1. The Hall–Kier alpha value is -3.61. The summed E-state index contributed by atoms with van der Waals surface area (Å²) in [5, 5.41) is 6.01. The van der Waals surface area contributed by atoms with E-state index in [-0.39, 0.29) is 5.91 Å². The van der Waals surface area contributed by atoms with Crippen molar-refractivity contribution in [2.45, 2.75) is 12.8 Å². The number of hydrogen-bond acceptors (Lipinski definition) is 6. The molecular formula is C22H22N4O3. The quantitative estimate of drug-likeness (QED) is 0.600. The molecule has 7 heteroatoms. The van der Waals surface area contributed by atoms with Crippen LogP contribution >= 0.6 is 0 Å². The predicted molar refractivity (Wildman–Crippen MR) is 111 cm³/mol. The fraction of sp³-hybridized carbons (Fsp3) is 0.227. The van der Waals surface area contributed by atoms with Gasteiger partial charge in [0, 0.05) is 24.5 Å². The number of nitrogens with zero attached hydrogens (tertiary/aromatic N) is 2. The van der Waals surface area contributed by atoms with E-state index in [1.54, 1.807) is 30.5 Å². The van der Waals surface area contributed by atoms with Crippen molar-refractivity contribution in [3.8, 4) is 11.5 Å². The van der Waals surface area contributed by atoms with E-state index in [4.69, 9.17) is 9.47 Å². The van der Waals surface area contributed by atoms with Crippen LogP contribution in [0.2, 0.25) is 0 Å². The van der Waals surface area contributed by atoms with E-state index in [0.717, 1.165) is 19.4 Å². The standard InChI is InChI=1S/C22H22N4O3/c27-21(25-17-8-9-19-20(15-17)29-14-13-28-19)18-10-12-24-22(26-18)23-11-4-7-16-5-2-1-3-6-16/h1-3,5-6,8-10,12,15H,4,7,11,13-14H2,(H,25,27)(H,23,24,26). The van der Waals surface area contributed by atoms with E-state index in [1.165, 1.54) is 5.56 Å². The van der Waals surface area contributed by atoms with Crippen LogP contribution in [0.5, 0.6) is 11.5 Å². The third-order valence-electron chi connectivity index (χ3n) is 4.46. The van der Waals surface area contributed by atoms with Crippen molar-refractivity contribution in [1.29, 1.82) is 0 Å². The summed E-state index contributed by atoms with van der Waals surface area (Å²) in [5.74, 6) is 1.43. The van der Waals surface area contributed by atoms with Gasteiger partial charge >= 0.3 is 0 Å². The Balaban J connectivity index is 1.32. The molecule has 2 aromatic carbocycles. The maximum Gasteiger partial charge on any atom is 0.274 e. The van der Waals surface area contributed by atoms with Gasteiger partial charge in [-0.1, -0.05) is 30.3 Å². The summed E-state index contributed by atoms with van der Waals surface area (Å²) in [6.07, 6.45) is 3.49. The summed E-state index contributed by atoms with van der Waals surface area (Å²) in [6.45, 7) is 1.75. The molecule has 1 aliphatic rings. The van der Waals surface area contributed by atoms with Crippen LogP contribution in [-0.2, 0) is 6.42 Å². The van der Waals surface area contributed by atoms with Gasteiger partial charge < -0.3 is 20.1 Å². The van der Waals surface area contributed by atoms with Gasteiger partial charge in [-0.2, -0.15) is 0 Å². The third kappa shape index (κ3) is 5.01. The number of rotatable bonds is 7. The van der Waals surface area contributed by atoms with Gasteiger partial charge in [-0.15, -0.1) is 0 Å². The van der Waals surface area contributed by atoms with Crippen molar-refractivity contribution >= 4 is 17.5 Å². The van der Waals surface area contributed by atoms with Crippen molar-refractivity contribution in [1.82, 2.24) is 9.97 Å². The molecule has 0 saturated heterocycles. The lowest BCUT2D eigenvalue weighted by Gasteiger charge is -2.19. The number of carbonyl (C=O) groups is 1. The van der Waals surface area contributed by atoms with Crippen molar-refractivity contribution in [3.05, 3.63) is 72.1 Å². The number of fused-ring (bicyclic) bond motifs is 1. The molecule has 0 atom stereocenters. The first kappa shape index (κ1) is 18.7. The van der Waals surface area contributed by atoms with Crippen LogP contribution in [0.4, 0.5) is 11.6 Å². The lowest BCUT2D eigenvalue weighted by Crippen LogP contribution is -2.17. The van der Waals surface area contributed by atoms with Gasteiger partial charge in [-0.25, -0.2) is 9.97 Å². The zero-order chi connectivity index (χ0) is 19.9. The van der Waals surface area contributed by atoms with Crippen LogP contribution in [0.3, 0.4) is 0 Å². The largest absolute Gasteiger partial charge is 0.486 e. The van der Waals surface area contributed by atoms with Crippen molar-refractivity contribution in [2.24, 2.45) is 0 Å². The van der Waals surface area contributed by atoms with E-state index >= 15 is 0 Å². The molecule has 0 radical (unpaired) electrons. The Kier molecular flexibility index (Phi) is 5.85. The Morgan fingerprint density at radius 2 is 1.83 bits per heavy atom. The second-order valence-corrected chi connectivity index (χ2v) is 6.59. The molecule has 1 aliphatic heterocycles. The zero-order valence-electron chi connectivity index (χ0n) is 15.9. The Bertz CT molecular complexity index is 979. The van der Waals surface area contributed by atoms with Gasteiger partial charge in [-0.3, -0.25) is 4.79 Å². The highest BCUT2D eigenvalue weighted by atomic mass is 16.6. The minimum atomic E-state index is -0.309. The fourth-order valence-electron chi connectivity index (χ4n) is 3.02. The minimum Gasteiger partial charge on any atom is -0.486 e. The van der Waals surface area contributed by atoms with Gasteiger partial charge in [0.1, 0.15) is 18.9 Å². The molecule has 2 heterocycles. The number of aromatic nitrogens is 2. The van der Waals surface area contributed by atoms with Gasteiger partial charge in [0.2, 0.25) is 5.95 Å². The van der Waals surface area contributed by atoms with Crippen LogP contribution in [0.1, 0.15) is 22.5 Å². The van der Waals surface area contributed by atoms with Crippen molar-refractivity contribution in [2.75, 3.05) is 30.4 Å². The summed E-state index contributed by atoms with van der Waals surface area (Å²) >= 11 is 0. The fourth-order valence-corrected chi connectivity index (χ4v) is 3.02. The first-order valence-electron chi connectivity index (χ1n) is 9.60. The molecule has 0 unspecified atom stereocenters. The molecule has 2 N–H and O–H groups in total. The highest BCUT2D eigenvalue weighted by Gasteiger charge is 2.14. The molecule has 0 bridgehead atoms. The van der Waals surface area contributed by atoms with Crippen LogP contribution in [0.25, 0.3) is 0 Å². The first-order chi connectivity index (χ1) is 14.3. The molecule has 0 saturated carbocycles. The maximum absolute atomic E-state index is 12.5. The van der Waals surface area contributed by atoms with E-state index in [9.17, 15) is 4.79 Å². The molecular weight excluding hydrogens is 368 g/mol. The zero-order valence-corrected chi connectivity index (χ0v) is 15.9. The van der Waals surface area contributed by atoms with E-state index in [0.29, 0.717) is 42.0 Å². The number of amides is 1. The summed E-state index contributed by atoms with van der Waals surface area (Å²) < 4.78 is 11.0. The van der Waals surface area contributed by atoms with Crippen LogP contribution in [0, 0.1) is 0 Å². The SMILES string of the molecule is O=C(Nc1ccc2c(c1)OCCO2)c1ccnc(NCCCc2ccccc2)n1. The smallest absolute Gasteiger partial charge is 0.274 e. The Labute approximate surface area is 169 Å². The minimum absolute atomic E-state index is 0.292. The van der Waals surface area contributed by atoms with Crippen LogP contribution < -0.4 is 20.1 Å². The number of carbonyl (C=O) groups excluding carboxylic acids is 1. The average Bonchev–Trinajstić information content (AvgIpc) is 2.77. The van der Waals surface area contributed by atoms with E-state index in [1.807, 2.05) is 18.2 Å². The first-order valence-corrected chi connectivity index (χ1v) is 9.60. The number of anilines is 2. The molecule has 3 aromatic rings. The predicted octanol–water partition coefficient (Wildman–Crippen LogP) is 3.54. The van der Waals surface area contributed by atoms with Gasteiger partial charge in [0.25, 0.3) is 5.91 Å². The summed E-state index contributed by atoms with van der Waals surface area (Å²) in [5.41, 5.74) is 2.21. The van der Waals surface area contributed by atoms with E-state index < -0.39 is 0 Å². The number of nitrogens with one attached hydrogen (secondary N) is 2. The molecule has 29 heavy (non-hydrogen) atoms. The van der Waals surface area contributed by atoms with Crippen LogP contribution in [0.15, 0.2) is 60.8 Å². The molecule has 4 rings (SSSR count). The highest BCUT2D eigenvalue weighted by Crippen LogP contribution is 2.32. The molecule has 0 aliphatic carbocycles. The van der Waals surface area contributed by atoms with E-state index in [2.05, 4.69) is 32.7 Å². The number of benzene rings is 2. The second kappa shape index (κ2) is 9.05. The Morgan fingerprint density at radius 1 is 1.00 bits per heavy atom. The molecule has 1 aromatic heterocycles. The average molecular weight is 390 g/mol. The van der Waals surface area contributed by atoms with Gasteiger partial charge in [0.15, 0.2) is 11.5 Å². The van der Waals surface area contributed by atoms with Gasteiger partial charge in [-0.05, 0) is 36.6 Å². The molecule has 0 spiro atoms. The maximum atomic E-state index is 12.5. The van der Waals surface area contributed by atoms with Crippen molar-refractivity contribution in [3.63, 3.8) is 0 Å². The number of hydrogen-bond donors (Lipinski definition) is 2. The highest BCUT2D eigenvalue weighted by molar-refractivity contribution is 6.03. The Morgan fingerprint density at radius 3 is 2.69 bits per heavy atom. The molecule has 7 nitrogen and oxygen atoms in total. The number of aryl methyl sites for hydroxylation is 1. The molecule has 1 amide bonds. The summed E-state index contributed by atoms with van der Waals surface area (Å²) in [6, 6.07) is 17.2. The lowest BCUT2D eigenvalue weighted by molar-refractivity contribution is 0.102. The summed E-state index contributed by atoms with van der Waals surface area (Å²) in [7, 11) is 0. The third-order valence-corrected chi connectivity index (χ3v) is 4.46. The molecule has 0 fully saturated rings. The summed E-state index contributed by atoms with van der Waals surface area (Å²) in [4.78, 5) is 21.1. The molecule has 148 valence electrons. The monoisotopic (exact) mass is 390 g/mol. The van der Waals surface area contributed by atoms with Crippen LogP contribution in [-0.4, -0.2) is 35.6 Å². The number of ether oxygens (including phenoxy) is 2. The normalized spacial score (nSPS) is 12.3. The van der Waals surface area contributed by atoms with Gasteiger partial charge in [0.05, 0.1) is 0 Å². The van der Waals surface area contributed by atoms with Crippen molar-refractivity contribution < 1.29 is 14.3 Å². The topological polar surface area (TPSA) is 85.4 Å².